The summed E-state index contributed by atoms with van der Waals surface area (Å²) >= 11 is 0. The van der Waals surface area contributed by atoms with Crippen molar-refractivity contribution in [2.75, 3.05) is 0 Å². The lowest BCUT2D eigenvalue weighted by Gasteiger charge is -2.46. The molecule has 0 spiro atoms. The molecular formula is C15H22B3N3. The van der Waals surface area contributed by atoms with Gasteiger partial charge >= 0.3 is 0 Å². The molecule has 2 N–H and O–H groups in total. The van der Waals surface area contributed by atoms with E-state index in [1.807, 2.05) is 0 Å². The van der Waals surface area contributed by atoms with Crippen LogP contribution in [-0.2, 0) is 5.54 Å². The molecule has 1 fully saturated rings. The Kier molecular flexibility index (Phi) is 4.11. The predicted molar refractivity (Wildman–Crippen MR) is 94.8 cm³/mol. The fourth-order valence-electron chi connectivity index (χ4n) is 3.86. The second kappa shape index (κ2) is 5.88. The van der Waals surface area contributed by atoms with E-state index in [1.54, 1.807) is 0 Å². The van der Waals surface area contributed by atoms with Gasteiger partial charge in [-0.15, -0.1) is 0 Å². The van der Waals surface area contributed by atoms with Gasteiger partial charge in [-0.1, -0.05) is 42.0 Å². The Hall–Kier alpha value is -1.23. The van der Waals surface area contributed by atoms with Crippen LogP contribution >= 0.6 is 0 Å². The van der Waals surface area contributed by atoms with Gasteiger partial charge in [-0.25, -0.2) is 0 Å². The van der Waals surface area contributed by atoms with Crippen molar-refractivity contribution in [2.24, 2.45) is 0 Å². The Balaban J connectivity index is 2.12. The number of benzene rings is 1. The first-order valence-corrected chi connectivity index (χ1v) is 7.73. The zero-order chi connectivity index (χ0) is 14.9. The van der Waals surface area contributed by atoms with E-state index in [1.165, 1.54) is 22.3 Å². The predicted octanol–water partition coefficient (Wildman–Crippen LogP) is 0.618. The Morgan fingerprint density at radius 2 is 1.71 bits per heavy atom. The SMILES string of the molecule is Cc1cc(C)c(C2(N3BNBNB3)C=CC=CC2)c(C)c1. The minimum Gasteiger partial charge on any atom is -0.377 e. The Morgan fingerprint density at radius 1 is 1.05 bits per heavy atom. The molecule has 21 heavy (non-hydrogen) atoms. The van der Waals surface area contributed by atoms with Crippen molar-refractivity contribution in [1.29, 1.82) is 0 Å². The van der Waals surface area contributed by atoms with Crippen LogP contribution in [0.4, 0.5) is 0 Å². The van der Waals surface area contributed by atoms with Gasteiger partial charge in [-0.2, -0.15) is 0 Å². The van der Waals surface area contributed by atoms with Crippen molar-refractivity contribution in [2.45, 2.75) is 32.7 Å². The van der Waals surface area contributed by atoms with Crippen molar-refractivity contribution in [3.8, 4) is 0 Å². The highest BCUT2D eigenvalue weighted by molar-refractivity contribution is 6.65. The molecule has 1 saturated heterocycles. The first-order valence-electron chi connectivity index (χ1n) is 7.73. The van der Waals surface area contributed by atoms with E-state index in [2.05, 4.69) is 72.2 Å². The van der Waals surface area contributed by atoms with Gasteiger partial charge in [0.25, 0.3) is 22.6 Å². The molecule has 0 bridgehead atoms. The van der Waals surface area contributed by atoms with E-state index in [9.17, 15) is 0 Å². The maximum atomic E-state index is 3.43. The fraction of sp³-hybridized carbons (Fsp3) is 0.333. The van der Waals surface area contributed by atoms with E-state index in [0.29, 0.717) is 0 Å². The molecular weight excluding hydrogens is 255 g/mol. The monoisotopic (exact) mass is 277 g/mol. The van der Waals surface area contributed by atoms with Gasteiger partial charge < -0.3 is 15.0 Å². The largest absolute Gasteiger partial charge is 0.377 e. The average molecular weight is 277 g/mol. The molecule has 1 heterocycles. The van der Waals surface area contributed by atoms with Crippen LogP contribution in [0.5, 0.6) is 0 Å². The van der Waals surface area contributed by atoms with Crippen molar-refractivity contribution in [1.82, 2.24) is 15.0 Å². The van der Waals surface area contributed by atoms with E-state index in [-0.39, 0.29) is 5.54 Å². The number of rotatable bonds is 2. The molecule has 1 aliphatic carbocycles. The van der Waals surface area contributed by atoms with E-state index >= 15 is 0 Å². The van der Waals surface area contributed by atoms with Gasteiger partial charge in [0.1, 0.15) is 0 Å². The quantitative estimate of drug-likeness (QED) is 0.776. The van der Waals surface area contributed by atoms with Crippen molar-refractivity contribution >= 4 is 22.6 Å². The second-order valence-corrected chi connectivity index (χ2v) is 6.22. The average Bonchev–Trinajstić information content (AvgIpc) is 2.48. The van der Waals surface area contributed by atoms with E-state index in [0.717, 1.165) is 29.1 Å². The zero-order valence-corrected chi connectivity index (χ0v) is 13.2. The van der Waals surface area contributed by atoms with Crippen LogP contribution in [0.15, 0.2) is 36.4 Å². The van der Waals surface area contributed by atoms with Crippen LogP contribution in [0.1, 0.15) is 28.7 Å². The standard InChI is InChI=1S/C15H22B3N3/c1-11-9-12(2)14(13(3)10-11)15(7-5-4-6-8-15)21-17-19-16-20-18-21/h4-7,9-10,16-20H,8H2,1-3H3. The lowest BCUT2D eigenvalue weighted by Crippen LogP contribution is -2.64. The summed E-state index contributed by atoms with van der Waals surface area (Å²) in [5.41, 5.74) is 5.53. The van der Waals surface area contributed by atoms with Gasteiger partial charge in [-0.3, -0.25) is 0 Å². The third-order valence-corrected chi connectivity index (χ3v) is 4.58. The molecule has 2 aliphatic rings. The summed E-state index contributed by atoms with van der Waals surface area (Å²) in [6, 6.07) is 4.61. The van der Waals surface area contributed by atoms with Gasteiger partial charge in [0, 0.05) is 0 Å². The number of nitrogens with one attached hydrogen (secondary N) is 2. The van der Waals surface area contributed by atoms with Crippen molar-refractivity contribution in [3.63, 3.8) is 0 Å². The molecule has 0 saturated carbocycles. The molecule has 106 valence electrons. The van der Waals surface area contributed by atoms with Crippen molar-refractivity contribution < 1.29 is 0 Å². The summed E-state index contributed by atoms with van der Waals surface area (Å²) in [7, 11) is 2.72. The third-order valence-electron chi connectivity index (χ3n) is 4.58. The third kappa shape index (κ3) is 2.64. The van der Waals surface area contributed by atoms with Gasteiger partial charge in [0.15, 0.2) is 0 Å². The molecule has 1 atom stereocenters. The molecule has 0 amide bonds. The van der Waals surface area contributed by atoms with Gasteiger partial charge in [0.05, 0.1) is 5.54 Å². The van der Waals surface area contributed by atoms with Gasteiger partial charge in [0.2, 0.25) is 0 Å². The minimum absolute atomic E-state index is 0.0446. The second-order valence-electron chi connectivity index (χ2n) is 6.22. The molecule has 1 aromatic carbocycles. The minimum atomic E-state index is -0.0446. The Bertz CT molecular complexity index is 571. The number of hydrogen-bond donors (Lipinski definition) is 2. The summed E-state index contributed by atoms with van der Waals surface area (Å²) in [6.07, 6.45) is 10.0. The molecule has 0 radical (unpaired) electrons. The summed E-state index contributed by atoms with van der Waals surface area (Å²) in [4.78, 5) is 0. The smallest absolute Gasteiger partial charge is 0.268 e. The maximum Gasteiger partial charge on any atom is 0.268 e. The fourth-order valence-corrected chi connectivity index (χ4v) is 3.86. The van der Waals surface area contributed by atoms with Crippen LogP contribution in [0, 0.1) is 20.8 Å². The van der Waals surface area contributed by atoms with Crippen molar-refractivity contribution in [3.05, 3.63) is 58.7 Å². The van der Waals surface area contributed by atoms with Gasteiger partial charge in [-0.05, 0) is 43.9 Å². The van der Waals surface area contributed by atoms with Crippen LogP contribution in [0.25, 0.3) is 0 Å². The lowest BCUT2D eigenvalue weighted by molar-refractivity contribution is 0.356. The maximum absolute atomic E-state index is 3.43. The Labute approximate surface area is 129 Å². The number of nitrogens with zero attached hydrogens (tertiary/aromatic N) is 1. The lowest BCUT2D eigenvalue weighted by atomic mass is 9.67. The first-order chi connectivity index (χ1) is 10.1. The molecule has 3 nitrogen and oxygen atoms in total. The molecule has 6 heteroatoms. The first kappa shape index (κ1) is 14.7. The zero-order valence-electron chi connectivity index (χ0n) is 13.2. The topological polar surface area (TPSA) is 27.3 Å². The summed E-state index contributed by atoms with van der Waals surface area (Å²) < 4.78 is 2.50. The van der Waals surface area contributed by atoms with Crippen LogP contribution < -0.4 is 10.3 Å². The molecule has 3 rings (SSSR count). The highest BCUT2D eigenvalue weighted by Crippen LogP contribution is 2.39. The molecule has 1 unspecified atom stereocenters. The van der Waals surface area contributed by atoms with Crippen LogP contribution in [-0.4, -0.2) is 27.4 Å². The van der Waals surface area contributed by atoms with Crippen LogP contribution in [0.3, 0.4) is 0 Å². The number of hydrogen-bond acceptors (Lipinski definition) is 3. The number of aryl methyl sites for hydroxylation is 3. The summed E-state index contributed by atoms with van der Waals surface area (Å²) in [5, 5.41) is 6.87. The van der Waals surface area contributed by atoms with E-state index < -0.39 is 0 Å². The molecule has 0 aromatic heterocycles. The van der Waals surface area contributed by atoms with E-state index in [4.69, 9.17) is 0 Å². The Morgan fingerprint density at radius 3 is 2.29 bits per heavy atom. The highest BCUT2D eigenvalue weighted by atomic mass is 15.2. The number of allylic oxidation sites excluding steroid dienone is 2. The normalized spacial score (nSPS) is 25.1. The molecule has 1 aromatic rings. The van der Waals surface area contributed by atoms with Crippen LogP contribution in [0.2, 0.25) is 0 Å². The highest BCUT2D eigenvalue weighted by Gasteiger charge is 2.39. The molecule has 1 aliphatic heterocycles. The summed E-state index contributed by atoms with van der Waals surface area (Å²) in [5.74, 6) is 0. The summed E-state index contributed by atoms with van der Waals surface area (Å²) in [6.45, 7) is 6.67.